The van der Waals surface area contributed by atoms with Crippen LogP contribution in [0.25, 0.3) is 0 Å². The maximum atomic E-state index is 8.25. The Morgan fingerprint density at radius 1 is 0.364 bits per heavy atom. The van der Waals surface area contributed by atoms with E-state index in [1.807, 2.05) is 6.79 Å². The van der Waals surface area contributed by atoms with Gasteiger partial charge in [0.1, 0.15) is 6.79 Å². The summed E-state index contributed by atoms with van der Waals surface area (Å²) in [4.78, 5) is 16.2. The fraction of sp³-hybridized carbons (Fsp3) is 0.101. The van der Waals surface area contributed by atoms with Crippen molar-refractivity contribution in [3.8, 4) is 0 Å². The maximum Gasteiger partial charge on any atom is 0.106 e. The number of carbonyl (C=O) groups excluding carboxylic acids is 2. The molecule has 0 N–H and O–H groups in total. The Labute approximate surface area is 476 Å². The van der Waals surface area contributed by atoms with Gasteiger partial charge in [-0.1, -0.05) is 293 Å². The molecular weight excluding hydrogens is 1100 g/mol. The summed E-state index contributed by atoms with van der Waals surface area (Å²) in [7, 11) is -2.82. The van der Waals surface area contributed by atoms with E-state index in [1.54, 1.807) is 10.6 Å². The van der Waals surface area contributed by atoms with E-state index in [2.05, 4.69) is 317 Å². The van der Waals surface area contributed by atoms with Crippen molar-refractivity contribution in [3.63, 3.8) is 0 Å². The van der Waals surface area contributed by atoms with Gasteiger partial charge in [-0.25, -0.2) is 0 Å². The standard InChI is InChI=1S/C31H35P2.2C18H15P.CH2O2.CH2O.Rh/c1-27(2)23-25-33(30-19-11-5-12-20-30,31-21-13-6-14-22-31)26-24-32(28-15-7-3-8-16-28)29-17-9-4-10-18-29;2*1-4-10-16(11-5-1)19(17-12-6-2-7-13-17)18-14-8-3-9-15-18;2-1-3;1-2;/h3-22,27H,23-26H2,1-2H3;2*1-15H;1H,(H,2,3);1H2;/q+1;;;;;/p-1. The molecule has 8 heteroatoms. The molecule has 77 heavy (non-hydrogen) atoms. The molecule has 0 amide bonds. The fourth-order valence-electron chi connectivity index (χ4n) is 8.93. The predicted molar refractivity (Wildman–Crippen MR) is 336 cm³/mol. The van der Waals surface area contributed by atoms with Crippen LogP contribution in [0.1, 0.15) is 20.3 Å². The minimum atomic E-state index is -1.53. The van der Waals surface area contributed by atoms with E-state index in [1.165, 1.54) is 67.3 Å². The largest absolute Gasteiger partial charge is 0.554 e. The van der Waals surface area contributed by atoms with E-state index in [-0.39, 0.29) is 19.5 Å². The first-order chi connectivity index (χ1) is 37.5. The van der Waals surface area contributed by atoms with Gasteiger partial charge in [-0.05, 0) is 103 Å². The minimum Gasteiger partial charge on any atom is -0.554 e. The van der Waals surface area contributed by atoms with Gasteiger partial charge in [0.25, 0.3) is 0 Å². The monoisotopic (exact) mass is 1170 g/mol. The van der Waals surface area contributed by atoms with E-state index in [4.69, 9.17) is 14.7 Å². The Morgan fingerprint density at radius 3 is 0.766 bits per heavy atom. The molecule has 10 aromatic carbocycles. The first-order valence-electron chi connectivity index (χ1n) is 25.6. The third-order valence-corrected chi connectivity index (χ3v) is 24.9. The second-order valence-electron chi connectivity index (χ2n) is 17.9. The van der Waals surface area contributed by atoms with E-state index in [0.29, 0.717) is 5.92 Å². The average molecular weight is 1170 g/mol. The summed E-state index contributed by atoms with van der Waals surface area (Å²) in [6.07, 6.45) is 5.03. The van der Waals surface area contributed by atoms with Crippen molar-refractivity contribution in [1.82, 2.24) is 0 Å². The Morgan fingerprint density at radius 2 is 0.558 bits per heavy atom. The van der Waals surface area contributed by atoms with Gasteiger partial charge in [0.15, 0.2) is 0 Å². The second-order valence-corrected chi connectivity index (χ2v) is 28.5. The Bertz CT molecular complexity index is 2670. The molecule has 0 aliphatic carbocycles. The van der Waals surface area contributed by atoms with E-state index >= 15 is 0 Å². The molecule has 0 saturated carbocycles. The third-order valence-electron chi connectivity index (χ3n) is 12.5. The van der Waals surface area contributed by atoms with Gasteiger partial charge >= 0.3 is 0 Å². The summed E-state index contributed by atoms with van der Waals surface area (Å²) >= 11 is 0. The molecule has 0 unspecified atom stereocenters. The van der Waals surface area contributed by atoms with Crippen LogP contribution < -0.4 is 58.2 Å². The fourth-order valence-corrected chi connectivity index (χ4v) is 21.6. The second kappa shape index (κ2) is 35.2. The quantitative estimate of drug-likeness (QED) is 0.0550. The number of benzene rings is 10. The zero-order valence-electron chi connectivity index (χ0n) is 43.9. The van der Waals surface area contributed by atoms with Crippen molar-refractivity contribution in [1.29, 1.82) is 0 Å². The van der Waals surface area contributed by atoms with Crippen molar-refractivity contribution >= 4 is 97.3 Å². The SMILES string of the molecule is C=O.CC(C)CC[P+](CCP(c1ccccc1)c1ccccc1)(c1ccccc1)c1ccccc1.O=C[O-].[Rh].c1ccc(P(c2ccccc2)c2ccccc2)cc1.c1ccc(P(c2ccccc2)c2ccccc2)cc1. The Hall–Kier alpha value is -6.32. The molecule has 0 aromatic heterocycles. The van der Waals surface area contributed by atoms with Crippen LogP contribution >= 0.6 is 31.0 Å². The van der Waals surface area contributed by atoms with Crippen LogP contribution in [0.3, 0.4) is 0 Å². The number of hydrogen-bond acceptors (Lipinski definition) is 3. The summed E-state index contributed by atoms with van der Waals surface area (Å²) < 4.78 is 0. The van der Waals surface area contributed by atoms with Crippen molar-refractivity contribution in [2.45, 2.75) is 20.3 Å². The molecule has 0 fully saturated rings. The molecule has 0 saturated heterocycles. The Balaban J connectivity index is 0.000000214. The van der Waals surface area contributed by atoms with Crippen LogP contribution in [0, 0.1) is 5.92 Å². The molecule has 0 spiro atoms. The molecule has 0 heterocycles. The molecule has 0 aliphatic heterocycles. The van der Waals surface area contributed by atoms with E-state index < -0.39 is 37.5 Å². The maximum absolute atomic E-state index is 8.25. The van der Waals surface area contributed by atoms with Crippen LogP contribution in [0.15, 0.2) is 303 Å². The van der Waals surface area contributed by atoms with Gasteiger partial charge in [-0.2, -0.15) is 0 Å². The average Bonchev–Trinajstić information content (AvgIpc) is 3.50. The van der Waals surface area contributed by atoms with Gasteiger partial charge in [0, 0.05) is 32.1 Å². The van der Waals surface area contributed by atoms with Gasteiger partial charge in [-0.3, -0.25) is 0 Å². The van der Waals surface area contributed by atoms with Crippen molar-refractivity contribution in [3.05, 3.63) is 303 Å². The predicted octanol–water partition coefficient (Wildman–Crippen LogP) is 11.9. The zero-order valence-corrected chi connectivity index (χ0v) is 49.1. The topological polar surface area (TPSA) is 57.2 Å². The molecule has 0 aliphatic rings. The summed E-state index contributed by atoms with van der Waals surface area (Å²) in [6.45, 7) is 6.23. The first kappa shape index (κ1) is 61.5. The first-order valence-corrected chi connectivity index (χ1v) is 32.0. The molecule has 1 radical (unpaired) electrons. The van der Waals surface area contributed by atoms with Crippen LogP contribution in [-0.2, 0) is 29.1 Å². The smallest absolute Gasteiger partial charge is 0.106 e. The summed E-state index contributed by atoms with van der Waals surface area (Å²) in [6, 6.07) is 110. The molecule has 3 nitrogen and oxygen atoms in total. The number of hydrogen-bond donors (Lipinski definition) is 0. The molecule has 391 valence electrons. The third kappa shape index (κ3) is 19.0. The van der Waals surface area contributed by atoms with Crippen LogP contribution in [-0.4, -0.2) is 31.7 Å². The number of rotatable bonds is 16. The van der Waals surface area contributed by atoms with Crippen LogP contribution in [0.2, 0.25) is 0 Å². The van der Waals surface area contributed by atoms with Crippen molar-refractivity contribution in [2.75, 3.05) is 18.5 Å². The van der Waals surface area contributed by atoms with Crippen molar-refractivity contribution in [2.24, 2.45) is 5.92 Å². The number of carbonyl (C=O) groups is 2. The molecule has 0 bridgehead atoms. The van der Waals surface area contributed by atoms with E-state index in [9.17, 15) is 0 Å². The zero-order chi connectivity index (χ0) is 53.5. The Kier molecular flexibility index (Phi) is 28.1. The molecule has 10 aromatic rings. The van der Waals surface area contributed by atoms with Crippen LogP contribution in [0.5, 0.6) is 0 Å². The van der Waals surface area contributed by atoms with Gasteiger partial charge in [-0.15, -0.1) is 0 Å². The summed E-state index contributed by atoms with van der Waals surface area (Å²) in [5.74, 6) is 0.710. The summed E-state index contributed by atoms with van der Waals surface area (Å²) in [5.41, 5.74) is 0. The van der Waals surface area contributed by atoms with Crippen LogP contribution in [0.4, 0.5) is 0 Å². The minimum absolute atomic E-state index is 0. The molecule has 10 rings (SSSR count). The van der Waals surface area contributed by atoms with Crippen molar-refractivity contribution < 1.29 is 34.2 Å². The van der Waals surface area contributed by atoms with Gasteiger partial charge < -0.3 is 14.7 Å². The van der Waals surface area contributed by atoms with E-state index in [0.717, 1.165) is 0 Å². The van der Waals surface area contributed by atoms with Gasteiger partial charge in [0.05, 0.1) is 30.2 Å². The number of carboxylic acid groups (broad SMARTS) is 1. The molecule has 0 atom stereocenters. The normalized spacial score (nSPS) is 10.5. The van der Waals surface area contributed by atoms with Gasteiger partial charge in [0.2, 0.25) is 0 Å². The molecular formula is C69H68O3P4Rh. The summed E-state index contributed by atoms with van der Waals surface area (Å²) in [5, 5.41) is 22.7.